The third kappa shape index (κ3) is 3.10. The number of nitrogens with zero attached hydrogens (tertiary/aromatic N) is 6. The number of alkyl halides is 1. The number of fused-ring (bicyclic) bond motifs is 1. The number of piperidine rings is 1. The highest BCUT2D eigenvalue weighted by Crippen LogP contribution is 2.43. The van der Waals surface area contributed by atoms with Gasteiger partial charge in [0.05, 0.1) is 18.3 Å². The molecular formula is C21H21FN6O2. The van der Waals surface area contributed by atoms with E-state index in [4.69, 9.17) is 4.98 Å². The van der Waals surface area contributed by atoms with Gasteiger partial charge < -0.3 is 14.9 Å². The molecule has 2 saturated heterocycles. The van der Waals surface area contributed by atoms with E-state index in [1.54, 1.807) is 24.8 Å². The van der Waals surface area contributed by atoms with Crippen LogP contribution in [-0.2, 0) is 0 Å². The topological polar surface area (TPSA) is 95.3 Å². The zero-order valence-corrected chi connectivity index (χ0v) is 16.3. The molecule has 3 aromatic rings. The molecule has 8 nitrogen and oxygen atoms in total. The van der Waals surface area contributed by atoms with Crippen LogP contribution in [0, 0.1) is 5.41 Å². The monoisotopic (exact) mass is 408 g/mol. The predicted molar refractivity (Wildman–Crippen MR) is 109 cm³/mol. The molecule has 5 rings (SSSR count). The molecule has 30 heavy (non-hydrogen) atoms. The molecule has 0 aliphatic carbocycles. The first-order valence-electron chi connectivity index (χ1n) is 9.95. The summed E-state index contributed by atoms with van der Waals surface area (Å²) in [4.78, 5) is 32.4. The highest BCUT2D eigenvalue weighted by Gasteiger charge is 2.50. The Morgan fingerprint density at radius 1 is 1.10 bits per heavy atom. The predicted octanol–water partition coefficient (Wildman–Crippen LogP) is 3.01. The summed E-state index contributed by atoms with van der Waals surface area (Å²) < 4.78 is 14.8. The summed E-state index contributed by atoms with van der Waals surface area (Å²) in [6.07, 6.45) is 5.82. The fraction of sp³-hybridized carbons (Fsp3) is 0.381. The van der Waals surface area contributed by atoms with Crippen LogP contribution in [0.5, 0.6) is 0 Å². The van der Waals surface area contributed by atoms with Crippen LogP contribution in [0.15, 0.2) is 43.0 Å². The Morgan fingerprint density at radius 3 is 2.53 bits per heavy atom. The van der Waals surface area contributed by atoms with Gasteiger partial charge in [-0.25, -0.2) is 19.2 Å². The Balaban J connectivity index is 1.47. The standard InChI is InChI=1S/C21H21FN6O2/c22-17-12-28(20(29)30)13-21(17)4-9-27(10-5-21)19-15-3-8-24-11-16(15)25-18(26-19)14-1-6-23-7-2-14/h1-3,6-8,11,17H,4-5,9-10,12-13H2,(H,29,30). The molecule has 2 fully saturated rings. The van der Waals surface area contributed by atoms with E-state index in [0.29, 0.717) is 31.8 Å². The minimum atomic E-state index is -1.13. The second-order valence-corrected chi connectivity index (χ2v) is 7.98. The summed E-state index contributed by atoms with van der Waals surface area (Å²) in [6.45, 7) is 1.44. The number of anilines is 1. The molecule has 5 heterocycles. The van der Waals surface area contributed by atoms with Gasteiger partial charge in [0.1, 0.15) is 12.0 Å². The van der Waals surface area contributed by atoms with E-state index in [2.05, 4.69) is 19.9 Å². The Bertz CT molecular complexity index is 1090. The van der Waals surface area contributed by atoms with Crippen LogP contribution in [0.3, 0.4) is 0 Å². The van der Waals surface area contributed by atoms with Gasteiger partial charge in [-0.05, 0) is 31.0 Å². The molecule has 3 aromatic heterocycles. The Morgan fingerprint density at radius 2 is 1.83 bits per heavy atom. The number of hydrogen-bond donors (Lipinski definition) is 1. The lowest BCUT2D eigenvalue weighted by Gasteiger charge is -2.40. The van der Waals surface area contributed by atoms with Crippen molar-refractivity contribution in [3.05, 3.63) is 43.0 Å². The van der Waals surface area contributed by atoms with Gasteiger partial charge in [-0.1, -0.05) is 0 Å². The largest absolute Gasteiger partial charge is 0.465 e. The van der Waals surface area contributed by atoms with Crippen LogP contribution in [-0.4, -0.2) is 68.4 Å². The average Bonchev–Trinajstić information content (AvgIpc) is 3.10. The normalized spacial score (nSPS) is 20.8. The van der Waals surface area contributed by atoms with Crippen LogP contribution in [0.1, 0.15) is 12.8 Å². The maximum absolute atomic E-state index is 14.8. The smallest absolute Gasteiger partial charge is 0.407 e. The second kappa shape index (κ2) is 7.16. The molecule has 0 saturated carbocycles. The molecule has 9 heteroatoms. The van der Waals surface area contributed by atoms with Crippen molar-refractivity contribution >= 4 is 22.8 Å². The average molecular weight is 408 g/mol. The van der Waals surface area contributed by atoms with E-state index in [1.807, 2.05) is 18.2 Å². The lowest BCUT2D eigenvalue weighted by atomic mass is 9.76. The summed E-state index contributed by atoms with van der Waals surface area (Å²) in [5.41, 5.74) is 1.01. The number of carboxylic acid groups (broad SMARTS) is 1. The number of amides is 1. The summed E-state index contributed by atoms with van der Waals surface area (Å²) in [7, 11) is 0. The number of pyridine rings is 2. The highest BCUT2D eigenvalue weighted by molar-refractivity contribution is 5.90. The SMILES string of the molecule is O=C(O)N1CC(F)C2(CCN(c3nc(-c4ccncc4)nc4cnccc34)CC2)C1. The molecule has 2 aliphatic rings. The minimum absolute atomic E-state index is 0.0381. The van der Waals surface area contributed by atoms with E-state index in [-0.39, 0.29) is 13.1 Å². The molecule has 1 amide bonds. The van der Waals surface area contributed by atoms with Gasteiger partial charge in [-0.2, -0.15) is 0 Å². The second-order valence-electron chi connectivity index (χ2n) is 7.98. The molecule has 154 valence electrons. The molecular weight excluding hydrogens is 387 g/mol. The number of rotatable bonds is 2. The zero-order valence-electron chi connectivity index (χ0n) is 16.3. The van der Waals surface area contributed by atoms with Gasteiger partial charge in [0.15, 0.2) is 5.82 Å². The molecule has 0 aromatic carbocycles. The first-order valence-corrected chi connectivity index (χ1v) is 9.95. The van der Waals surface area contributed by atoms with Crippen molar-refractivity contribution in [3.8, 4) is 11.4 Å². The molecule has 1 unspecified atom stereocenters. The van der Waals surface area contributed by atoms with Crippen molar-refractivity contribution in [2.45, 2.75) is 19.0 Å². The van der Waals surface area contributed by atoms with E-state index >= 15 is 0 Å². The minimum Gasteiger partial charge on any atom is -0.465 e. The summed E-state index contributed by atoms with van der Waals surface area (Å²) in [6, 6.07) is 5.61. The molecule has 2 aliphatic heterocycles. The maximum Gasteiger partial charge on any atom is 0.407 e. The molecule has 1 spiro atoms. The lowest BCUT2D eigenvalue weighted by Crippen LogP contribution is -2.45. The third-order valence-electron chi connectivity index (χ3n) is 6.30. The summed E-state index contributed by atoms with van der Waals surface area (Å²) in [5.74, 6) is 1.39. The number of halogens is 1. The first-order chi connectivity index (χ1) is 14.6. The quantitative estimate of drug-likeness (QED) is 0.696. The Kier molecular flexibility index (Phi) is 4.45. The molecule has 0 bridgehead atoms. The van der Waals surface area contributed by atoms with Crippen LogP contribution in [0.4, 0.5) is 15.0 Å². The fourth-order valence-corrected chi connectivity index (χ4v) is 4.55. The van der Waals surface area contributed by atoms with Gasteiger partial charge in [-0.15, -0.1) is 0 Å². The Hall–Kier alpha value is -3.36. The van der Waals surface area contributed by atoms with E-state index in [0.717, 1.165) is 22.3 Å². The van der Waals surface area contributed by atoms with Gasteiger partial charge in [0.25, 0.3) is 0 Å². The van der Waals surface area contributed by atoms with Crippen molar-refractivity contribution in [2.75, 3.05) is 31.1 Å². The number of hydrogen-bond acceptors (Lipinski definition) is 6. The van der Waals surface area contributed by atoms with Crippen LogP contribution in [0.2, 0.25) is 0 Å². The van der Waals surface area contributed by atoms with Crippen molar-refractivity contribution in [2.24, 2.45) is 5.41 Å². The van der Waals surface area contributed by atoms with E-state index < -0.39 is 17.7 Å². The van der Waals surface area contributed by atoms with Crippen molar-refractivity contribution in [3.63, 3.8) is 0 Å². The first kappa shape index (κ1) is 18.7. The summed E-state index contributed by atoms with van der Waals surface area (Å²) in [5, 5.41) is 10.2. The molecule has 0 radical (unpaired) electrons. The summed E-state index contributed by atoms with van der Waals surface area (Å²) >= 11 is 0. The van der Waals surface area contributed by atoms with Crippen molar-refractivity contribution < 1.29 is 14.3 Å². The van der Waals surface area contributed by atoms with Gasteiger partial charge in [0, 0.05) is 54.6 Å². The van der Waals surface area contributed by atoms with Gasteiger partial charge >= 0.3 is 6.09 Å². The fourth-order valence-electron chi connectivity index (χ4n) is 4.55. The Labute approximate surface area is 172 Å². The van der Waals surface area contributed by atoms with E-state index in [1.165, 1.54) is 4.90 Å². The third-order valence-corrected chi connectivity index (χ3v) is 6.30. The zero-order chi connectivity index (χ0) is 20.7. The number of likely N-dealkylation sites (tertiary alicyclic amines) is 1. The van der Waals surface area contributed by atoms with Crippen molar-refractivity contribution in [1.29, 1.82) is 0 Å². The van der Waals surface area contributed by atoms with Gasteiger partial charge in [0.2, 0.25) is 0 Å². The highest BCUT2D eigenvalue weighted by atomic mass is 19.1. The van der Waals surface area contributed by atoms with Gasteiger partial charge in [-0.3, -0.25) is 9.97 Å². The molecule has 1 atom stereocenters. The van der Waals surface area contributed by atoms with Crippen LogP contribution < -0.4 is 4.90 Å². The van der Waals surface area contributed by atoms with Crippen LogP contribution in [0.25, 0.3) is 22.3 Å². The molecule has 1 N–H and O–H groups in total. The maximum atomic E-state index is 14.8. The van der Waals surface area contributed by atoms with E-state index in [9.17, 15) is 14.3 Å². The lowest BCUT2D eigenvalue weighted by molar-refractivity contribution is 0.121. The van der Waals surface area contributed by atoms with Crippen LogP contribution >= 0.6 is 0 Å². The number of aromatic nitrogens is 4. The number of carbonyl (C=O) groups is 1. The van der Waals surface area contributed by atoms with Crippen molar-refractivity contribution in [1.82, 2.24) is 24.8 Å².